The molecule has 0 aromatic rings. The zero-order chi connectivity index (χ0) is 16.1. The van der Waals surface area contributed by atoms with Crippen LogP contribution in [0.2, 0.25) is 0 Å². The molecule has 0 aliphatic rings. The molecule has 122 valence electrons. The summed E-state index contributed by atoms with van der Waals surface area (Å²) in [7, 11) is 3.54. The number of hydrogen-bond acceptors (Lipinski definition) is 3. The van der Waals surface area contributed by atoms with Crippen molar-refractivity contribution >= 4 is 5.91 Å². The van der Waals surface area contributed by atoms with Crippen molar-refractivity contribution in [2.24, 2.45) is 0 Å². The first kappa shape index (κ1) is 19.7. The van der Waals surface area contributed by atoms with Gasteiger partial charge in [-0.25, -0.2) is 0 Å². The van der Waals surface area contributed by atoms with E-state index in [1.54, 1.807) is 19.0 Å². The summed E-state index contributed by atoms with van der Waals surface area (Å²) in [5, 5.41) is 3.18. The Labute approximate surface area is 130 Å². The second kappa shape index (κ2) is 12.5. The molecule has 0 bridgehead atoms. The maximum absolute atomic E-state index is 11.4. The van der Waals surface area contributed by atoms with Gasteiger partial charge < -0.3 is 15.0 Å². The number of hydrogen-bond donors (Lipinski definition) is 1. The maximum atomic E-state index is 11.4. The van der Waals surface area contributed by atoms with E-state index < -0.39 is 0 Å². The quantitative estimate of drug-likeness (QED) is 0.362. The predicted molar refractivity (Wildman–Crippen MR) is 89.2 cm³/mol. The summed E-state index contributed by atoms with van der Waals surface area (Å²) in [6, 6.07) is 0. The molecule has 0 aromatic heterocycles. The molecule has 0 aliphatic carbocycles. The number of unbranched alkanes of at least 4 members (excludes halogenated alkanes) is 1. The van der Waals surface area contributed by atoms with Gasteiger partial charge in [-0.15, -0.1) is 0 Å². The Morgan fingerprint density at radius 1 is 1.29 bits per heavy atom. The van der Waals surface area contributed by atoms with E-state index in [-0.39, 0.29) is 5.91 Å². The summed E-state index contributed by atoms with van der Waals surface area (Å²) >= 11 is 0. The van der Waals surface area contributed by atoms with E-state index in [9.17, 15) is 4.79 Å². The monoisotopic (exact) mass is 296 g/mol. The molecule has 1 N–H and O–H groups in total. The molecule has 0 fully saturated rings. The minimum atomic E-state index is 0.106. The van der Waals surface area contributed by atoms with Gasteiger partial charge in [-0.2, -0.15) is 0 Å². The second-order valence-electron chi connectivity index (χ2n) is 5.26. The van der Waals surface area contributed by atoms with Gasteiger partial charge in [-0.05, 0) is 44.9 Å². The van der Waals surface area contributed by atoms with E-state index in [4.69, 9.17) is 4.74 Å². The van der Waals surface area contributed by atoms with Gasteiger partial charge in [-0.3, -0.25) is 4.79 Å². The van der Waals surface area contributed by atoms with Crippen LogP contribution >= 0.6 is 0 Å². The molecular formula is C17H32N2O2. The molecular weight excluding hydrogens is 264 g/mol. The standard InChI is InChI=1S/C17H32N2O2/c1-6-9-12-21-16(8-3)13-15(7-2)10-11-18-14-17(20)19(4)5/h8,13,18H,6-7,9-12,14H2,1-5H3/b15-13+,16-8+. The molecule has 0 aliphatic heterocycles. The van der Waals surface area contributed by atoms with E-state index in [1.807, 2.05) is 13.0 Å². The molecule has 4 nitrogen and oxygen atoms in total. The van der Waals surface area contributed by atoms with E-state index in [0.29, 0.717) is 6.54 Å². The highest BCUT2D eigenvalue weighted by molar-refractivity contribution is 5.77. The van der Waals surface area contributed by atoms with Crippen molar-refractivity contribution in [1.82, 2.24) is 10.2 Å². The summed E-state index contributed by atoms with van der Waals surface area (Å²) < 4.78 is 5.74. The van der Waals surface area contributed by atoms with Crippen LogP contribution in [0.15, 0.2) is 23.5 Å². The second-order valence-corrected chi connectivity index (χ2v) is 5.26. The highest BCUT2D eigenvalue weighted by Gasteiger charge is 2.03. The third kappa shape index (κ3) is 10.1. The molecule has 4 heteroatoms. The van der Waals surface area contributed by atoms with E-state index in [2.05, 4.69) is 25.2 Å². The summed E-state index contributed by atoms with van der Waals surface area (Å²) in [5.41, 5.74) is 1.34. The van der Waals surface area contributed by atoms with Crippen molar-refractivity contribution in [3.8, 4) is 0 Å². The first-order valence-corrected chi connectivity index (χ1v) is 7.94. The lowest BCUT2D eigenvalue weighted by Gasteiger charge is -2.12. The van der Waals surface area contributed by atoms with Crippen molar-refractivity contribution in [1.29, 1.82) is 0 Å². The highest BCUT2D eigenvalue weighted by Crippen LogP contribution is 2.12. The molecule has 0 saturated heterocycles. The average Bonchev–Trinajstić information content (AvgIpc) is 2.48. The molecule has 21 heavy (non-hydrogen) atoms. The number of carbonyl (C=O) groups is 1. The maximum Gasteiger partial charge on any atom is 0.236 e. The number of allylic oxidation sites excluding steroid dienone is 2. The van der Waals surface area contributed by atoms with Gasteiger partial charge in [0.1, 0.15) is 5.76 Å². The predicted octanol–water partition coefficient (Wildman–Crippen LogP) is 3.11. The molecule has 0 rings (SSSR count). The number of amides is 1. The van der Waals surface area contributed by atoms with E-state index in [0.717, 1.165) is 44.6 Å². The van der Waals surface area contributed by atoms with Gasteiger partial charge >= 0.3 is 0 Å². The lowest BCUT2D eigenvalue weighted by Crippen LogP contribution is -2.33. The van der Waals surface area contributed by atoms with Crippen molar-refractivity contribution in [2.45, 2.75) is 46.5 Å². The van der Waals surface area contributed by atoms with Crippen molar-refractivity contribution in [2.75, 3.05) is 33.8 Å². The number of likely N-dealkylation sites (N-methyl/N-ethyl adjacent to an activating group) is 1. The Kier molecular flexibility index (Phi) is 11.7. The molecule has 0 heterocycles. The third-order valence-electron chi connectivity index (χ3n) is 3.25. The van der Waals surface area contributed by atoms with Gasteiger partial charge in [0.25, 0.3) is 0 Å². The minimum Gasteiger partial charge on any atom is -0.494 e. The number of ether oxygens (including phenoxy) is 1. The number of nitrogens with one attached hydrogen (secondary N) is 1. The van der Waals surface area contributed by atoms with Gasteiger partial charge in [0.15, 0.2) is 0 Å². The van der Waals surface area contributed by atoms with Crippen LogP contribution in [0.25, 0.3) is 0 Å². The van der Waals surface area contributed by atoms with Gasteiger partial charge in [-0.1, -0.05) is 25.8 Å². The molecule has 0 saturated carbocycles. The van der Waals surface area contributed by atoms with Crippen LogP contribution in [0, 0.1) is 0 Å². The van der Waals surface area contributed by atoms with Crippen LogP contribution in [0.5, 0.6) is 0 Å². The lowest BCUT2D eigenvalue weighted by molar-refractivity contribution is -0.127. The highest BCUT2D eigenvalue weighted by atomic mass is 16.5. The molecule has 0 aromatic carbocycles. The summed E-state index contributed by atoms with van der Waals surface area (Å²) in [6.45, 7) is 8.29. The van der Waals surface area contributed by atoms with Crippen LogP contribution in [0.4, 0.5) is 0 Å². The van der Waals surface area contributed by atoms with Crippen LogP contribution in [-0.2, 0) is 9.53 Å². The Morgan fingerprint density at radius 2 is 2.00 bits per heavy atom. The Balaban J connectivity index is 4.17. The fraction of sp³-hybridized carbons (Fsp3) is 0.706. The van der Waals surface area contributed by atoms with Crippen molar-refractivity contribution in [3.63, 3.8) is 0 Å². The van der Waals surface area contributed by atoms with Crippen molar-refractivity contribution < 1.29 is 9.53 Å². The molecule has 0 radical (unpaired) electrons. The molecule has 0 spiro atoms. The number of nitrogens with zero attached hydrogens (tertiary/aromatic N) is 1. The Bertz CT molecular complexity index is 347. The SMILES string of the molecule is C/C=C(\C=C(/CC)CCNCC(=O)N(C)C)OCCCC. The van der Waals surface area contributed by atoms with Crippen molar-refractivity contribution in [3.05, 3.63) is 23.5 Å². The normalized spacial score (nSPS) is 12.4. The Hall–Kier alpha value is -1.29. The number of carbonyl (C=O) groups excluding carboxylic acids is 1. The Morgan fingerprint density at radius 3 is 2.52 bits per heavy atom. The van der Waals surface area contributed by atoms with E-state index >= 15 is 0 Å². The number of rotatable bonds is 11. The fourth-order valence-corrected chi connectivity index (χ4v) is 1.70. The summed E-state index contributed by atoms with van der Waals surface area (Å²) in [4.78, 5) is 13.0. The van der Waals surface area contributed by atoms with Crippen LogP contribution < -0.4 is 5.32 Å². The van der Waals surface area contributed by atoms with Crippen LogP contribution in [0.1, 0.15) is 46.5 Å². The first-order valence-electron chi connectivity index (χ1n) is 7.94. The summed E-state index contributed by atoms with van der Waals surface area (Å²) in [6.07, 6.45) is 8.30. The first-order chi connectivity index (χ1) is 10.0. The average molecular weight is 296 g/mol. The largest absolute Gasteiger partial charge is 0.494 e. The van der Waals surface area contributed by atoms with Gasteiger partial charge in [0.05, 0.1) is 13.2 Å². The molecule has 1 amide bonds. The third-order valence-corrected chi connectivity index (χ3v) is 3.25. The van der Waals surface area contributed by atoms with E-state index in [1.165, 1.54) is 5.57 Å². The minimum absolute atomic E-state index is 0.106. The van der Waals surface area contributed by atoms with Gasteiger partial charge in [0, 0.05) is 14.1 Å². The topological polar surface area (TPSA) is 41.6 Å². The summed E-state index contributed by atoms with van der Waals surface area (Å²) in [5.74, 6) is 1.05. The fourth-order valence-electron chi connectivity index (χ4n) is 1.70. The zero-order valence-electron chi connectivity index (χ0n) is 14.4. The molecule has 0 atom stereocenters. The lowest BCUT2D eigenvalue weighted by atomic mass is 10.1. The van der Waals surface area contributed by atoms with Crippen LogP contribution in [-0.4, -0.2) is 44.6 Å². The molecule has 0 unspecified atom stereocenters. The zero-order valence-corrected chi connectivity index (χ0v) is 14.4. The van der Waals surface area contributed by atoms with Gasteiger partial charge in [0.2, 0.25) is 5.91 Å². The van der Waals surface area contributed by atoms with Crippen LogP contribution in [0.3, 0.4) is 0 Å². The smallest absolute Gasteiger partial charge is 0.236 e.